The predicted molar refractivity (Wildman–Crippen MR) is 53.4 cm³/mol. The fourth-order valence-corrected chi connectivity index (χ4v) is 2.41. The molecule has 2 N–H and O–H groups in total. The molecule has 0 amide bonds. The van der Waals surface area contributed by atoms with Crippen LogP contribution in [0, 0.1) is 0 Å². The molecule has 60 valence electrons. The van der Waals surface area contributed by atoms with E-state index in [-0.39, 0.29) is 0 Å². The van der Waals surface area contributed by atoms with Gasteiger partial charge in [-0.05, 0) is 18.5 Å². The third-order valence-corrected chi connectivity index (χ3v) is 3.21. The average molecular weight is 195 g/mol. The molecule has 0 aliphatic carbocycles. The van der Waals surface area contributed by atoms with Crippen molar-refractivity contribution in [1.29, 1.82) is 0 Å². The topological polar surface area (TPSA) is 51.3 Å². The molecule has 1 aliphatic heterocycles. The lowest BCUT2D eigenvalue weighted by Gasteiger charge is -1.99. The van der Waals surface area contributed by atoms with E-state index in [1.54, 1.807) is 0 Å². The highest BCUT2D eigenvalue weighted by atomic mass is 32.2. The summed E-state index contributed by atoms with van der Waals surface area (Å²) in [7, 11) is 0. The fraction of sp³-hybridized carbons (Fsp3) is 0. The Morgan fingerprint density at radius 1 is 1.67 bits per heavy atom. The first kappa shape index (κ1) is 7.61. The number of hydrogen-bond acceptors (Lipinski definition) is 5. The van der Waals surface area contributed by atoms with Crippen molar-refractivity contribution in [1.82, 2.24) is 4.98 Å². The molecular formula is C7H5N3S2. The van der Waals surface area contributed by atoms with Gasteiger partial charge < -0.3 is 5.73 Å². The van der Waals surface area contributed by atoms with Gasteiger partial charge in [0.2, 0.25) is 0 Å². The molecule has 0 atom stereocenters. The first-order chi connectivity index (χ1) is 5.79. The van der Waals surface area contributed by atoms with Crippen molar-refractivity contribution in [3.63, 3.8) is 0 Å². The third-order valence-electron chi connectivity index (χ3n) is 1.30. The number of thiazole rings is 1. The van der Waals surface area contributed by atoms with Crippen LogP contribution in [0.1, 0.15) is 4.88 Å². The van der Waals surface area contributed by atoms with E-state index < -0.39 is 0 Å². The molecule has 0 unspecified atom stereocenters. The van der Waals surface area contributed by atoms with Crippen molar-refractivity contribution in [2.45, 2.75) is 5.03 Å². The maximum Gasteiger partial charge on any atom is 0.181 e. The summed E-state index contributed by atoms with van der Waals surface area (Å²) in [5, 5.41) is 2.22. The Bertz CT molecular complexity index is 399. The minimum absolute atomic E-state index is 0.580. The highest BCUT2D eigenvalue weighted by Crippen LogP contribution is 2.37. The molecule has 5 heteroatoms. The SMILES string of the molecule is C=NC1=C=Cc2sc(N)nc2S1. The van der Waals surface area contributed by atoms with E-state index >= 15 is 0 Å². The summed E-state index contributed by atoms with van der Waals surface area (Å²) in [5.41, 5.74) is 8.51. The van der Waals surface area contributed by atoms with Crippen LogP contribution in [0.2, 0.25) is 0 Å². The highest BCUT2D eigenvalue weighted by Gasteiger charge is 2.12. The second-order valence-electron chi connectivity index (χ2n) is 2.08. The van der Waals surface area contributed by atoms with Gasteiger partial charge in [-0.15, -0.1) is 0 Å². The van der Waals surface area contributed by atoms with Crippen LogP contribution in [0.25, 0.3) is 6.08 Å². The monoisotopic (exact) mass is 195 g/mol. The van der Waals surface area contributed by atoms with E-state index in [4.69, 9.17) is 5.73 Å². The van der Waals surface area contributed by atoms with Crippen LogP contribution >= 0.6 is 23.1 Å². The van der Waals surface area contributed by atoms with E-state index in [0.717, 1.165) is 14.9 Å². The molecule has 0 saturated heterocycles. The van der Waals surface area contributed by atoms with Gasteiger partial charge in [0.1, 0.15) is 10.1 Å². The van der Waals surface area contributed by atoms with E-state index in [9.17, 15) is 0 Å². The van der Waals surface area contributed by atoms with Gasteiger partial charge in [-0.1, -0.05) is 17.1 Å². The Kier molecular flexibility index (Phi) is 1.77. The number of nitrogen functional groups attached to an aromatic ring is 1. The van der Waals surface area contributed by atoms with Crippen molar-refractivity contribution < 1.29 is 0 Å². The van der Waals surface area contributed by atoms with E-state index in [0.29, 0.717) is 5.13 Å². The summed E-state index contributed by atoms with van der Waals surface area (Å²) in [6, 6.07) is 0. The van der Waals surface area contributed by atoms with Crippen LogP contribution in [0.3, 0.4) is 0 Å². The zero-order valence-corrected chi connectivity index (χ0v) is 7.71. The summed E-state index contributed by atoms with van der Waals surface area (Å²) in [6.07, 6.45) is 1.84. The number of thioether (sulfide) groups is 1. The summed E-state index contributed by atoms with van der Waals surface area (Å²) in [4.78, 5) is 8.94. The van der Waals surface area contributed by atoms with Crippen LogP contribution < -0.4 is 5.73 Å². The standard InChI is InChI=1S/C7H5N3S2/c1-9-5-3-2-4-6(12-5)10-7(8)11-4/h2H,1H2,(H2,8,10). The summed E-state index contributed by atoms with van der Waals surface area (Å²) in [5.74, 6) is 0. The minimum Gasteiger partial charge on any atom is -0.375 e. The van der Waals surface area contributed by atoms with Gasteiger partial charge in [-0.3, -0.25) is 0 Å². The molecule has 1 aromatic rings. The molecule has 1 aromatic heterocycles. The van der Waals surface area contributed by atoms with Crippen molar-refractivity contribution >= 4 is 41.0 Å². The molecule has 3 nitrogen and oxygen atoms in total. The molecule has 12 heavy (non-hydrogen) atoms. The Balaban J connectivity index is 2.49. The molecule has 2 rings (SSSR count). The number of aromatic nitrogens is 1. The number of rotatable bonds is 1. The fourth-order valence-electron chi connectivity index (χ4n) is 0.825. The minimum atomic E-state index is 0.580. The number of aliphatic imine (C=N–C) groups is 1. The second-order valence-corrected chi connectivity index (χ2v) is 4.12. The zero-order valence-electron chi connectivity index (χ0n) is 6.07. The van der Waals surface area contributed by atoms with Gasteiger partial charge >= 0.3 is 0 Å². The van der Waals surface area contributed by atoms with Crippen molar-refractivity contribution in [3.05, 3.63) is 15.6 Å². The van der Waals surface area contributed by atoms with Crippen LogP contribution in [-0.4, -0.2) is 11.7 Å². The van der Waals surface area contributed by atoms with Gasteiger partial charge in [-0.2, -0.15) is 0 Å². The van der Waals surface area contributed by atoms with Gasteiger partial charge in [0.15, 0.2) is 5.13 Å². The van der Waals surface area contributed by atoms with Crippen molar-refractivity contribution in [2.24, 2.45) is 4.99 Å². The zero-order chi connectivity index (χ0) is 8.55. The molecule has 0 radical (unpaired) electrons. The number of fused-ring (bicyclic) bond motifs is 1. The maximum atomic E-state index is 5.54. The predicted octanol–water partition coefficient (Wildman–Crippen LogP) is 1.99. The van der Waals surface area contributed by atoms with E-state index in [2.05, 4.69) is 22.4 Å². The van der Waals surface area contributed by atoms with Gasteiger partial charge in [0.25, 0.3) is 0 Å². The second kappa shape index (κ2) is 2.79. The van der Waals surface area contributed by atoms with Crippen molar-refractivity contribution in [2.75, 3.05) is 5.73 Å². The smallest absolute Gasteiger partial charge is 0.181 e. The molecule has 1 aliphatic rings. The number of hydrogen-bond donors (Lipinski definition) is 1. The van der Waals surface area contributed by atoms with E-state index in [1.165, 1.54) is 23.1 Å². The third kappa shape index (κ3) is 1.18. The lowest BCUT2D eigenvalue weighted by atomic mass is 10.5. The van der Waals surface area contributed by atoms with Crippen LogP contribution in [0.15, 0.2) is 20.8 Å². The maximum absolute atomic E-state index is 5.54. The van der Waals surface area contributed by atoms with E-state index in [1.807, 2.05) is 6.08 Å². The first-order valence-corrected chi connectivity index (χ1v) is 4.80. The van der Waals surface area contributed by atoms with Gasteiger partial charge in [0, 0.05) is 6.08 Å². The van der Waals surface area contributed by atoms with Crippen molar-refractivity contribution in [3.8, 4) is 0 Å². The first-order valence-electron chi connectivity index (χ1n) is 3.17. The molecule has 0 saturated carbocycles. The quantitative estimate of drug-likeness (QED) is 0.550. The lowest BCUT2D eigenvalue weighted by Crippen LogP contribution is -1.82. The highest BCUT2D eigenvalue weighted by molar-refractivity contribution is 8.03. The molecular weight excluding hydrogens is 190 g/mol. The van der Waals surface area contributed by atoms with Crippen LogP contribution in [-0.2, 0) is 0 Å². The molecule has 0 aromatic carbocycles. The Morgan fingerprint density at radius 2 is 2.50 bits per heavy atom. The molecule has 0 bridgehead atoms. The lowest BCUT2D eigenvalue weighted by molar-refractivity contribution is 1.20. The normalized spacial score (nSPS) is 13.8. The summed E-state index contributed by atoms with van der Waals surface area (Å²) < 4.78 is 0. The number of nitrogens with two attached hydrogens (primary N) is 1. The molecule has 0 fully saturated rings. The Morgan fingerprint density at radius 3 is 3.25 bits per heavy atom. The van der Waals surface area contributed by atoms with Crippen LogP contribution in [0.4, 0.5) is 5.13 Å². The van der Waals surface area contributed by atoms with Crippen LogP contribution in [0.5, 0.6) is 0 Å². The Labute approximate surface area is 77.7 Å². The summed E-state index contributed by atoms with van der Waals surface area (Å²) in [6.45, 7) is 3.42. The Hall–Kier alpha value is -1.03. The van der Waals surface area contributed by atoms with Gasteiger partial charge in [0.05, 0.1) is 4.88 Å². The van der Waals surface area contributed by atoms with Gasteiger partial charge in [-0.25, -0.2) is 9.98 Å². The molecule has 0 spiro atoms. The largest absolute Gasteiger partial charge is 0.375 e. The molecule has 2 heterocycles. The average Bonchev–Trinajstić information content (AvgIpc) is 2.43. The number of anilines is 1. The summed E-state index contributed by atoms with van der Waals surface area (Å²) >= 11 is 2.90. The number of nitrogens with zero attached hydrogens (tertiary/aromatic N) is 2.